The highest BCUT2D eigenvalue weighted by Crippen LogP contribution is 2.49. The average Bonchev–Trinajstić information content (AvgIpc) is 2.67. The average molecular weight is 395 g/mol. The molecule has 0 heterocycles. The van der Waals surface area contributed by atoms with Gasteiger partial charge in [0.25, 0.3) is 5.92 Å². The summed E-state index contributed by atoms with van der Waals surface area (Å²) in [6.45, 7) is 3.27. The molecule has 7 atom stereocenters. The van der Waals surface area contributed by atoms with E-state index in [9.17, 15) is 22.0 Å². The number of alkyl halides is 5. The second-order valence-corrected chi connectivity index (χ2v) is 9.59. The molecule has 27 heavy (non-hydrogen) atoms. The van der Waals surface area contributed by atoms with Crippen molar-refractivity contribution in [1.82, 2.24) is 0 Å². The summed E-state index contributed by atoms with van der Waals surface area (Å²) in [5, 5.41) is 0. The van der Waals surface area contributed by atoms with Gasteiger partial charge in [-0.15, -0.1) is 0 Å². The van der Waals surface area contributed by atoms with Crippen LogP contribution in [-0.2, 0) is 0 Å². The molecule has 0 saturated heterocycles. The molecular formula is C22H35F5. The highest BCUT2D eigenvalue weighted by atomic mass is 19.3. The molecule has 0 spiro atoms. The van der Waals surface area contributed by atoms with Crippen LogP contribution in [0, 0.1) is 35.5 Å². The highest BCUT2D eigenvalue weighted by Gasteiger charge is 2.47. The first kappa shape index (κ1) is 21.4. The molecule has 0 aromatic heterocycles. The van der Waals surface area contributed by atoms with Crippen molar-refractivity contribution in [2.75, 3.05) is 0 Å². The smallest absolute Gasteiger partial charge is 0.247 e. The summed E-state index contributed by atoms with van der Waals surface area (Å²) in [5.41, 5.74) is 0. The predicted molar refractivity (Wildman–Crippen MR) is 98.1 cm³/mol. The van der Waals surface area contributed by atoms with Crippen molar-refractivity contribution in [3.05, 3.63) is 0 Å². The Hall–Kier alpha value is -0.350. The van der Waals surface area contributed by atoms with Gasteiger partial charge in [-0.05, 0) is 87.4 Å². The molecule has 3 saturated carbocycles. The second-order valence-electron chi connectivity index (χ2n) is 9.59. The molecule has 7 unspecified atom stereocenters. The van der Waals surface area contributed by atoms with Gasteiger partial charge in [0, 0.05) is 12.3 Å². The molecule has 0 radical (unpaired) electrons. The third-order valence-electron chi connectivity index (χ3n) is 8.13. The molecule has 3 fully saturated rings. The molecule has 0 bridgehead atoms. The fourth-order valence-corrected chi connectivity index (χ4v) is 6.16. The van der Waals surface area contributed by atoms with Crippen LogP contribution in [0.1, 0.15) is 78.1 Å². The summed E-state index contributed by atoms with van der Waals surface area (Å²) in [4.78, 5) is 0. The third kappa shape index (κ3) is 4.47. The van der Waals surface area contributed by atoms with Crippen LogP contribution in [0.2, 0.25) is 0 Å². The molecule has 3 aliphatic carbocycles. The van der Waals surface area contributed by atoms with Crippen molar-refractivity contribution in [2.45, 2.75) is 102 Å². The van der Waals surface area contributed by atoms with Gasteiger partial charge in [-0.25, -0.2) is 22.0 Å². The van der Waals surface area contributed by atoms with Crippen molar-refractivity contribution in [3.63, 3.8) is 0 Å². The molecule has 0 aromatic carbocycles. The first-order valence-electron chi connectivity index (χ1n) is 11.0. The molecule has 0 N–H and O–H groups in total. The van der Waals surface area contributed by atoms with E-state index in [1.807, 2.05) is 0 Å². The molecule has 0 amide bonds. The summed E-state index contributed by atoms with van der Waals surface area (Å²) in [5.74, 6) is -3.73. The maximum atomic E-state index is 14.9. The highest BCUT2D eigenvalue weighted by molar-refractivity contribution is 4.95. The molecule has 158 valence electrons. The summed E-state index contributed by atoms with van der Waals surface area (Å²) < 4.78 is 71.3. The van der Waals surface area contributed by atoms with Gasteiger partial charge in [0.2, 0.25) is 0 Å². The van der Waals surface area contributed by atoms with E-state index in [1.54, 1.807) is 6.92 Å². The zero-order valence-corrected chi connectivity index (χ0v) is 16.7. The molecule has 5 heteroatoms. The molecule has 3 aliphatic rings. The van der Waals surface area contributed by atoms with Gasteiger partial charge < -0.3 is 0 Å². The van der Waals surface area contributed by atoms with Crippen LogP contribution < -0.4 is 0 Å². The van der Waals surface area contributed by atoms with E-state index in [1.165, 1.54) is 6.92 Å². The van der Waals surface area contributed by atoms with Gasteiger partial charge in [0.15, 0.2) is 0 Å². The van der Waals surface area contributed by atoms with Crippen molar-refractivity contribution < 1.29 is 22.0 Å². The summed E-state index contributed by atoms with van der Waals surface area (Å²) >= 11 is 0. The van der Waals surface area contributed by atoms with Gasteiger partial charge >= 0.3 is 0 Å². The Kier molecular flexibility index (Phi) is 6.78. The lowest BCUT2D eigenvalue weighted by Crippen LogP contribution is -2.45. The van der Waals surface area contributed by atoms with E-state index < -0.39 is 36.3 Å². The molecular weight excluding hydrogens is 359 g/mol. The zero-order chi connectivity index (χ0) is 19.8. The van der Waals surface area contributed by atoms with Crippen LogP contribution >= 0.6 is 0 Å². The predicted octanol–water partition coefficient (Wildman–Crippen LogP) is 7.31. The SMILES string of the molecule is CCC(F)(F)C1CCC(C2CCC(C3CCC(C)C(F)C3F)C(F)C2)CC1. The Morgan fingerprint density at radius 1 is 0.741 bits per heavy atom. The van der Waals surface area contributed by atoms with Gasteiger partial charge in [-0.3, -0.25) is 0 Å². The van der Waals surface area contributed by atoms with Crippen LogP contribution in [0.15, 0.2) is 0 Å². The van der Waals surface area contributed by atoms with Gasteiger partial charge in [0.05, 0.1) is 0 Å². The van der Waals surface area contributed by atoms with E-state index in [4.69, 9.17) is 0 Å². The summed E-state index contributed by atoms with van der Waals surface area (Å²) in [7, 11) is 0. The Balaban J connectivity index is 1.52. The minimum Gasteiger partial charge on any atom is -0.247 e. The summed E-state index contributed by atoms with van der Waals surface area (Å²) in [6.07, 6.45) is 1.42. The monoisotopic (exact) mass is 394 g/mol. The standard InChI is InChI=1S/C22H35F5/c1-3-22(26,27)16-8-5-14(6-9-16)15-7-11-17(19(23)12-15)18-10-4-13(2)20(24)21(18)25/h13-21H,3-12H2,1-2H3. The van der Waals surface area contributed by atoms with Gasteiger partial charge in [0.1, 0.15) is 18.5 Å². The van der Waals surface area contributed by atoms with Crippen molar-refractivity contribution in [3.8, 4) is 0 Å². The van der Waals surface area contributed by atoms with Gasteiger partial charge in [-0.1, -0.05) is 13.8 Å². The largest absolute Gasteiger partial charge is 0.250 e. The Labute approximate surface area is 160 Å². The van der Waals surface area contributed by atoms with Crippen molar-refractivity contribution >= 4 is 0 Å². The van der Waals surface area contributed by atoms with Crippen LogP contribution in [0.3, 0.4) is 0 Å². The number of rotatable bonds is 4. The molecule has 3 rings (SSSR count). The number of hydrogen-bond acceptors (Lipinski definition) is 0. The van der Waals surface area contributed by atoms with E-state index in [0.717, 1.165) is 19.3 Å². The van der Waals surface area contributed by atoms with Crippen LogP contribution in [0.25, 0.3) is 0 Å². The first-order valence-corrected chi connectivity index (χ1v) is 11.0. The van der Waals surface area contributed by atoms with Crippen LogP contribution in [0.5, 0.6) is 0 Å². The minimum absolute atomic E-state index is 0.111. The quantitative estimate of drug-likeness (QED) is 0.438. The van der Waals surface area contributed by atoms with Crippen molar-refractivity contribution in [2.24, 2.45) is 35.5 Å². The van der Waals surface area contributed by atoms with E-state index >= 15 is 0 Å². The van der Waals surface area contributed by atoms with E-state index in [0.29, 0.717) is 44.4 Å². The lowest BCUT2D eigenvalue weighted by molar-refractivity contribution is -0.0837. The lowest BCUT2D eigenvalue weighted by Gasteiger charge is -2.44. The van der Waals surface area contributed by atoms with Crippen LogP contribution in [-0.4, -0.2) is 24.4 Å². The molecule has 0 nitrogen and oxygen atoms in total. The maximum Gasteiger partial charge on any atom is 0.250 e. The molecule has 0 aromatic rings. The van der Waals surface area contributed by atoms with E-state index in [2.05, 4.69) is 0 Å². The zero-order valence-electron chi connectivity index (χ0n) is 16.7. The Morgan fingerprint density at radius 2 is 1.33 bits per heavy atom. The van der Waals surface area contributed by atoms with Crippen LogP contribution in [0.4, 0.5) is 22.0 Å². The fraction of sp³-hybridized carbons (Fsp3) is 1.00. The Bertz CT molecular complexity index is 473. The molecule has 0 aliphatic heterocycles. The topological polar surface area (TPSA) is 0 Å². The normalized spacial score (nSPS) is 47.0. The van der Waals surface area contributed by atoms with Gasteiger partial charge in [-0.2, -0.15) is 0 Å². The van der Waals surface area contributed by atoms with Crippen molar-refractivity contribution in [1.29, 1.82) is 0 Å². The summed E-state index contributed by atoms with van der Waals surface area (Å²) in [6, 6.07) is 0. The maximum absolute atomic E-state index is 14.9. The third-order valence-corrected chi connectivity index (χ3v) is 8.13. The second kappa shape index (κ2) is 8.57. The fourth-order valence-electron chi connectivity index (χ4n) is 6.16. The Morgan fingerprint density at radius 3 is 1.93 bits per heavy atom. The first-order chi connectivity index (χ1) is 12.7. The number of hydrogen-bond donors (Lipinski definition) is 0. The lowest BCUT2D eigenvalue weighted by atomic mass is 9.63. The van der Waals surface area contributed by atoms with E-state index in [-0.39, 0.29) is 24.2 Å². The number of halogens is 5. The minimum atomic E-state index is -2.58.